The predicted molar refractivity (Wildman–Crippen MR) is 81.9 cm³/mol. The topological polar surface area (TPSA) is 38.3 Å². The molecule has 0 aromatic heterocycles. The predicted octanol–water partition coefficient (Wildman–Crippen LogP) is 4.02. The number of hydrogen-bond acceptors (Lipinski definition) is 3. The highest BCUT2D eigenvalue weighted by atomic mass is 19.1. The molecule has 0 heterocycles. The maximum Gasteiger partial charge on any atom is 0.337 e. The number of carbonyl (C=O) groups excluding carboxylic acids is 1. The van der Waals surface area contributed by atoms with Crippen LogP contribution in [0.5, 0.6) is 0 Å². The molecule has 1 aromatic carbocycles. The standard InChI is InChI=1S/C17H22FNO2/c1-11-6-12(2)8-13(7-11)10-19-16-9-14(17(20)21-3)4-5-15(16)18/h4-6,9,11,13,19H,7-8,10H2,1-3H3. The van der Waals surface area contributed by atoms with Crippen LogP contribution in [0.3, 0.4) is 0 Å². The van der Waals surface area contributed by atoms with E-state index in [-0.39, 0.29) is 5.82 Å². The number of carbonyl (C=O) groups is 1. The van der Waals surface area contributed by atoms with E-state index >= 15 is 0 Å². The van der Waals surface area contributed by atoms with Crippen LogP contribution in [0, 0.1) is 17.7 Å². The maximum atomic E-state index is 13.8. The lowest BCUT2D eigenvalue weighted by Gasteiger charge is -2.26. The molecular weight excluding hydrogens is 269 g/mol. The molecular formula is C17H22FNO2. The number of methoxy groups -OCH3 is 1. The zero-order valence-corrected chi connectivity index (χ0v) is 12.8. The van der Waals surface area contributed by atoms with Gasteiger partial charge in [-0.2, -0.15) is 0 Å². The van der Waals surface area contributed by atoms with Gasteiger partial charge in [-0.3, -0.25) is 0 Å². The van der Waals surface area contributed by atoms with Crippen molar-refractivity contribution >= 4 is 11.7 Å². The molecule has 0 saturated carbocycles. The highest BCUT2D eigenvalue weighted by Crippen LogP contribution is 2.28. The van der Waals surface area contributed by atoms with Crippen molar-refractivity contribution in [2.75, 3.05) is 19.0 Å². The Morgan fingerprint density at radius 2 is 2.24 bits per heavy atom. The molecule has 21 heavy (non-hydrogen) atoms. The Hall–Kier alpha value is -1.84. The molecule has 1 aliphatic rings. The number of ether oxygens (including phenoxy) is 1. The van der Waals surface area contributed by atoms with Gasteiger partial charge in [0.25, 0.3) is 0 Å². The molecule has 2 atom stereocenters. The number of allylic oxidation sites excluding steroid dienone is 2. The van der Waals surface area contributed by atoms with Crippen molar-refractivity contribution in [3.63, 3.8) is 0 Å². The quantitative estimate of drug-likeness (QED) is 0.672. The second-order valence-corrected chi connectivity index (χ2v) is 5.86. The largest absolute Gasteiger partial charge is 0.465 e. The Balaban J connectivity index is 2.03. The first kappa shape index (κ1) is 15.5. The fraction of sp³-hybridized carbons (Fsp3) is 0.471. The maximum absolute atomic E-state index is 13.8. The molecule has 0 aliphatic heterocycles. The molecule has 0 bridgehead atoms. The van der Waals surface area contributed by atoms with E-state index in [1.807, 2.05) is 0 Å². The fourth-order valence-electron chi connectivity index (χ4n) is 3.00. The van der Waals surface area contributed by atoms with E-state index in [1.165, 1.54) is 30.9 Å². The fourth-order valence-corrected chi connectivity index (χ4v) is 3.00. The minimum atomic E-state index is -0.455. The Morgan fingerprint density at radius 1 is 1.48 bits per heavy atom. The van der Waals surface area contributed by atoms with Gasteiger partial charge >= 0.3 is 5.97 Å². The molecule has 114 valence electrons. The first-order valence-electron chi connectivity index (χ1n) is 7.28. The van der Waals surface area contributed by atoms with Crippen LogP contribution in [0.2, 0.25) is 0 Å². The second-order valence-electron chi connectivity index (χ2n) is 5.86. The van der Waals surface area contributed by atoms with Gasteiger partial charge in [0.15, 0.2) is 0 Å². The molecule has 3 nitrogen and oxygen atoms in total. The number of esters is 1. The molecule has 1 N–H and O–H groups in total. The highest BCUT2D eigenvalue weighted by molar-refractivity contribution is 5.90. The Bertz CT molecular complexity index is 554. The smallest absolute Gasteiger partial charge is 0.337 e. The van der Waals surface area contributed by atoms with E-state index < -0.39 is 5.97 Å². The van der Waals surface area contributed by atoms with Gasteiger partial charge in [-0.15, -0.1) is 0 Å². The van der Waals surface area contributed by atoms with Crippen molar-refractivity contribution in [2.24, 2.45) is 11.8 Å². The van der Waals surface area contributed by atoms with Crippen LogP contribution in [0.15, 0.2) is 29.8 Å². The number of nitrogens with one attached hydrogen (secondary N) is 1. The highest BCUT2D eigenvalue weighted by Gasteiger charge is 2.18. The van der Waals surface area contributed by atoms with Crippen LogP contribution in [0.1, 0.15) is 37.0 Å². The SMILES string of the molecule is COC(=O)c1ccc(F)c(NCC2CC(C)=CC(C)C2)c1. The summed E-state index contributed by atoms with van der Waals surface area (Å²) in [6.07, 6.45) is 4.44. The van der Waals surface area contributed by atoms with Crippen molar-refractivity contribution in [3.05, 3.63) is 41.2 Å². The summed E-state index contributed by atoms with van der Waals surface area (Å²) < 4.78 is 18.5. The number of rotatable bonds is 4. The van der Waals surface area contributed by atoms with E-state index in [0.717, 1.165) is 12.8 Å². The van der Waals surface area contributed by atoms with E-state index in [1.54, 1.807) is 0 Å². The Morgan fingerprint density at radius 3 is 2.90 bits per heavy atom. The summed E-state index contributed by atoms with van der Waals surface area (Å²) in [5.41, 5.74) is 2.11. The lowest BCUT2D eigenvalue weighted by atomic mass is 9.84. The van der Waals surface area contributed by atoms with Crippen molar-refractivity contribution in [3.8, 4) is 0 Å². The number of anilines is 1. The third-order valence-electron chi connectivity index (χ3n) is 3.85. The molecule has 1 aliphatic carbocycles. The van der Waals surface area contributed by atoms with E-state index in [4.69, 9.17) is 0 Å². The third kappa shape index (κ3) is 4.06. The lowest BCUT2D eigenvalue weighted by molar-refractivity contribution is 0.0600. The molecule has 0 saturated heterocycles. The van der Waals surface area contributed by atoms with Gasteiger partial charge in [-0.05, 0) is 49.8 Å². The zero-order valence-electron chi connectivity index (χ0n) is 12.8. The zero-order chi connectivity index (χ0) is 15.4. The Labute approximate surface area is 125 Å². The van der Waals surface area contributed by atoms with Crippen LogP contribution in [-0.4, -0.2) is 19.6 Å². The van der Waals surface area contributed by atoms with Crippen LogP contribution < -0.4 is 5.32 Å². The van der Waals surface area contributed by atoms with Gasteiger partial charge in [-0.1, -0.05) is 18.6 Å². The van der Waals surface area contributed by atoms with Crippen LogP contribution in [0.25, 0.3) is 0 Å². The van der Waals surface area contributed by atoms with Crippen LogP contribution in [-0.2, 0) is 4.74 Å². The summed E-state index contributed by atoms with van der Waals surface area (Å²) in [7, 11) is 1.32. The minimum Gasteiger partial charge on any atom is -0.465 e. The van der Waals surface area contributed by atoms with E-state index in [9.17, 15) is 9.18 Å². The van der Waals surface area contributed by atoms with Crippen LogP contribution >= 0.6 is 0 Å². The van der Waals surface area contributed by atoms with Crippen LogP contribution in [0.4, 0.5) is 10.1 Å². The van der Waals surface area contributed by atoms with Crippen molar-refractivity contribution < 1.29 is 13.9 Å². The molecule has 4 heteroatoms. The number of benzene rings is 1. The molecule has 0 fully saturated rings. The van der Waals surface area contributed by atoms with Gasteiger partial charge in [-0.25, -0.2) is 9.18 Å². The molecule has 0 amide bonds. The molecule has 0 radical (unpaired) electrons. The minimum absolute atomic E-state index is 0.348. The summed E-state index contributed by atoms with van der Waals surface area (Å²) in [4.78, 5) is 11.5. The van der Waals surface area contributed by atoms with Gasteiger partial charge in [0.1, 0.15) is 5.82 Å². The molecule has 2 rings (SSSR count). The monoisotopic (exact) mass is 291 g/mol. The Kier molecular flexibility index (Phi) is 4.99. The molecule has 1 aromatic rings. The average Bonchev–Trinajstić information content (AvgIpc) is 2.44. The third-order valence-corrected chi connectivity index (χ3v) is 3.85. The van der Waals surface area contributed by atoms with Gasteiger partial charge in [0.2, 0.25) is 0 Å². The van der Waals surface area contributed by atoms with E-state index in [0.29, 0.717) is 29.6 Å². The van der Waals surface area contributed by atoms with Gasteiger partial charge in [0.05, 0.1) is 18.4 Å². The summed E-state index contributed by atoms with van der Waals surface area (Å²) in [6.45, 7) is 5.05. The molecule has 0 spiro atoms. The summed E-state index contributed by atoms with van der Waals surface area (Å²) in [5, 5.41) is 3.13. The van der Waals surface area contributed by atoms with Crippen molar-refractivity contribution in [2.45, 2.75) is 26.7 Å². The van der Waals surface area contributed by atoms with E-state index in [2.05, 4.69) is 30.0 Å². The lowest BCUT2D eigenvalue weighted by Crippen LogP contribution is -2.20. The van der Waals surface area contributed by atoms with Crippen molar-refractivity contribution in [1.82, 2.24) is 0 Å². The number of hydrogen-bond donors (Lipinski definition) is 1. The van der Waals surface area contributed by atoms with Crippen molar-refractivity contribution in [1.29, 1.82) is 0 Å². The summed E-state index contributed by atoms with van der Waals surface area (Å²) in [6, 6.07) is 4.24. The average molecular weight is 291 g/mol. The number of halogens is 1. The summed E-state index contributed by atoms with van der Waals surface area (Å²) >= 11 is 0. The first-order chi connectivity index (χ1) is 9.99. The van der Waals surface area contributed by atoms with Gasteiger partial charge in [0, 0.05) is 6.54 Å². The second kappa shape index (κ2) is 6.74. The first-order valence-corrected chi connectivity index (χ1v) is 7.28. The normalized spacial score (nSPS) is 21.6. The molecule has 2 unspecified atom stereocenters. The summed E-state index contributed by atoms with van der Waals surface area (Å²) in [5.74, 6) is 0.255. The van der Waals surface area contributed by atoms with Gasteiger partial charge < -0.3 is 10.1 Å².